The van der Waals surface area contributed by atoms with Gasteiger partial charge in [0.1, 0.15) is 0 Å². The van der Waals surface area contributed by atoms with E-state index in [9.17, 15) is 15.0 Å². The van der Waals surface area contributed by atoms with Gasteiger partial charge in [-0.05, 0) is 69.1 Å². The van der Waals surface area contributed by atoms with Crippen LogP contribution in [-0.2, 0) is 6.42 Å². The lowest BCUT2D eigenvalue weighted by Gasteiger charge is -2.20. The predicted octanol–water partition coefficient (Wildman–Crippen LogP) is 4.82. The third-order valence-corrected chi connectivity index (χ3v) is 5.18. The molecular weight excluding hydrogens is 328 g/mol. The molecule has 26 heavy (non-hydrogen) atoms. The van der Waals surface area contributed by atoms with Gasteiger partial charge in [0.05, 0.1) is 17.8 Å². The van der Waals surface area contributed by atoms with Crippen LogP contribution in [0.15, 0.2) is 24.3 Å². The van der Waals surface area contributed by atoms with E-state index in [2.05, 4.69) is 6.92 Å². The number of carboxylic acids is 1. The van der Waals surface area contributed by atoms with Gasteiger partial charge in [0.2, 0.25) is 0 Å². The van der Waals surface area contributed by atoms with Crippen molar-refractivity contribution in [2.75, 3.05) is 0 Å². The summed E-state index contributed by atoms with van der Waals surface area (Å²) < 4.78 is 0. The maximum Gasteiger partial charge on any atom is 0.335 e. The van der Waals surface area contributed by atoms with Crippen LogP contribution in [0.4, 0.5) is 0 Å². The SMILES string of the molecule is CCCCCC(O)CCCC(CCCc1ccc(C(=O)O)cc1)C(C)O. The lowest BCUT2D eigenvalue weighted by molar-refractivity contribution is 0.0696. The summed E-state index contributed by atoms with van der Waals surface area (Å²) in [6.45, 7) is 4.02. The number of aromatic carboxylic acids is 1. The average molecular weight is 365 g/mol. The Hall–Kier alpha value is -1.39. The second-order valence-corrected chi connectivity index (χ2v) is 7.48. The molecule has 0 aliphatic carbocycles. The van der Waals surface area contributed by atoms with E-state index >= 15 is 0 Å². The first kappa shape index (κ1) is 22.7. The summed E-state index contributed by atoms with van der Waals surface area (Å²) >= 11 is 0. The van der Waals surface area contributed by atoms with Crippen LogP contribution >= 0.6 is 0 Å². The minimum absolute atomic E-state index is 0.205. The van der Waals surface area contributed by atoms with Gasteiger partial charge in [-0.15, -0.1) is 0 Å². The van der Waals surface area contributed by atoms with Crippen LogP contribution in [0, 0.1) is 5.92 Å². The monoisotopic (exact) mass is 364 g/mol. The standard InChI is InChI=1S/C22H36O4/c1-3-4-5-11-21(24)12-7-10-19(17(2)23)9-6-8-18-13-15-20(16-14-18)22(25)26/h13-17,19,21,23-24H,3-12H2,1-2H3,(H,25,26). The molecule has 0 aliphatic rings. The van der Waals surface area contributed by atoms with Crippen LogP contribution in [-0.4, -0.2) is 33.5 Å². The highest BCUT2D eigenvalue weighted by atomic mass is 16.4. The Morgan fingerprint density at radius 2 is 1.54 bits per heavy atom. The zero-order chi connectivity index (χ0) is 19.4. The van der Waals surface area contributed by atoms with E-state index in [1.54, 1.807) is 12.1 Å². The summed E-state index contributed by atoms with van der Waals surface area (Å²) in [5.41, 5.74) is 1.44. The molecule has 0 aliphatic heterocycles. The number of unbranched alkanes of at least 4 members (excludes halogenated alkanes) is 2. The fourth-order valence-electron chi connectivity index (χ4n) is 3.40. The number of benzene rings is 1. The number of aliphatic hydroxyl groups is 2. The van der Waals surface area contributed by atoms with E-state index in [1.807, 2.05) is 19.1 Å². The molecule has 0 amide bonds. The van der Waals surface area contributed by atoms with Crippen molar-refractivity contribution >= 4 is 5.97 Å². The average Bonchev–Trinajstić information content (AvgIpc) is 2.61. The second-order valence-electron chi connectivity index (χ2n) is 7.48. The lowest BCUT2D eigenvalue weighted by Crippen LogP contribution is -2.18. The number of aliphatic hydroxyl groups excluding tert-OH is 2. The van der Waals surface area contributed by atoms with E-state index in [1.165, 1.54) is 12.8 Å². The third-order valence-electron chi connectivity index (χ3n) is 5.18. The molecule has 0 saturated heterocycles. The first-order chi connectivity index (χ1) is 12.4. The summed E-state index contributed by atoms with van der Waals surface area (Å²) in [5, 5.41) is 28.9. The minimum Gasteiger partial charge on any atom is -0.478 e. The van der Waals surface area contributed by atoms with Crippen LogP contribution in [0.3, 0.4) is 0 Å². The van der Waals surface area contributed by atoms with Gasteiger partial charge in [-0.3, -0.25) is 0 Å². The van der Waals surface area contributed by atoms with Gasteiger partial charge in [0.15, 0.2) is 0 Å². The van der Waals surface area contributed by atoms with Gasteiger partial charge in [0.25, 0.3) is 0 Å². The minimum atomic E-state index is -0.900. The highest BCUT2D eigenvalue weighted by molar-refractivity contribution is 5.87. The molecule has 4 heteroatoms. The van der Waals surface area contributed by atoms with E-state index in [0.29, 0.717) is 5.56 Å². The lowest BCUT2D eigenvalue weighted by atomic mass is 9.89. The van der Waals surface area contributed by atoms with Crippen LogP contribution in [0.5, 0.6) is 0 Å². The zero-order valence-corrected chi connectivity index (χ0v) is 16.4. The molecule has 0 fully saturated rings. The van der Waals surface area contributed by atoms with Gasteiger partial charge in [-0.25, -0.2) is 4.79 Å². The normalized spacial score (nSPS) is 14.8. The number of hydrogen-bond donors (Lipinski definition) is 3. The molecule has 0 heterocycles. The highest BCUT2D eigenvalue weighted by Crippen LogP contribution is 2.22. The van der Waals surface area contributed by atoms with E-state index < -0.39 is 5.97 Å². The van der Waals surface area contributed by atoms with Gasteiger partial charge in [-0.2, -0.15) is 0 Å². The molecule has 0 radical (unpaired) electrons. The quantitative estimate of drug-likeness (QED) is 0.414. The summed E-state index contributed by atoms with van der Waals surface area (Å²) in [6.07, 6.45) is 9.34. The predicted molar refractivity (Wildman–Crippen MR) is 106 cm³/mol. The summed E-state index contributed by atoms with van der Waals surface area (Å²) in [6, 6.07) is 7.02. The Balaban J connectivity index is 2.29. The molecular formula is C22H36O4. The van der Waals surface area contributed by atoms with Gasteiger partial charge in [-0.1, -0.05) is 44.7 Å². The molecule has 3 N–H and O–H groups in total. The van der Waals surface area contributed by atoms with Crippen molar-refractivity contribution in [3.8, 4) is 0 Å². The number of aryl methyl sites for hydroxylation is 1. The molecule has 0 saturated carbocycles. The molecule has 1 aromatic carbocycles. The summed E-state index contributed by atoms with van der Waals surface area (Å²) in [7, 11) is 0. The van der Waals surface area contributed by atoms with Crippen molar-refractivity contribution in [1.82, 2.24) is 0 Å². The third kappa shape index (κ3) is 9.35. The molecule has 3 atom stereocenters. The maximum atomic E-state index is 10.9. The Morgan fingerprint density at radius 3 is 2.12 bits per heavy atom. The topological polar surface area (TPSA) is 77.8 Å². The Morgan fingerprint density at radius 1 is 0.923 bits per heavy atom. The molecule has 1 rings (SSSR count). The molecule has 0 bridgehead atoms. The van der Waals surface area contributed by atoms with Gasteiger partial charge in [0, 0.05) is 0 Å². The molecule has 4 nitrogen and oxygen atoms in total. The largest absolute Gasteiger partial charge is 0.478 e. The Bertz CT molecular complexity index is 495. The fourth-order valence-corrected chi connectivity index (χ4v) is 3.40. The Labute approximate surface area is 158 Å². The zero-order valence-electron chi connectivity index (χ0n) is 16.4. The number of carbonyl (C=O) groups is 1. The van der Waals surface area contributed by atoms with Crippen LogP contribution in [0.1, 0.15) is 87.6 Å². The van der Waals surface area contributed by atoms with E-state index in [0.717, 1.165) is 56.9 Å². The maximum absolute atomic E-state index is 10.9. The van der Waals surface area contributed by atoms with Crippen molar-refractivity contribution in [2.24, 2.45) is 5.92 Å². The first-order valence-electron chi connectivity index (χ1n) is 10.1. The number of carboxylic acid groups (broad SMARTS) is 1. The molecule has 0 spiro atoms. The number of hydrogen-bond acceptors (Lipinski definition) is 3. The number of rotatable bonds is 14. The van der Waals surface area contributed by atoms with E-state index in [-0.39, 0.29) is 18.1 Å². The summed E-state index contributed by atoms with van der Waals surface area (Å²) in [5.74, 6) is -0.640. The van der Waals surface area contributed by atoms with Crippen molar-refractivity contribution in [3.05, 3.63) is 35.4 Å². The first-order valence-corrected chi connectivity index (χ1v) is 10.1. The molecule has 0 aromatic heterocycles. The van der Waals surface area contributed by atoms with Crippen molar-refractivity contribution < 1.29 is 20.1 Å². The van der Waals surface area contributed by atoms with Crippen molar-refractivity contribution in [2.45, 2.75) is 90.3 Å². The van der Waals surface area contributed by atoms with Crippen LogP contribution < -0.4 is 0 Å². The fraction of sp³-hybridized carbons (Fsp3) is 0.682. The van der Waals surface area contributed by atoms with E-state index in [4.69, 9.17) is 5.11 Å². The molecule has 148 valence electrons. The van der Waals surface area contributed by atoms with Gasteiger partial charge < -0.3 is 15.3 Å². The van der Waals surface area contributed by atoms with Gasteiger partial charge >= 0.3 is 5.97 Å². The molecule has 3 unspecified atom stereocenters. The highest BCUT2D eigenvalue weighted by Gasteiger charge is 2.15. The summed E-state index contributed by atoms with van der Waals surface area (Å²) in [4.78, 5) is 10.9. The van der Waals surface area contributed by atoms with Crippen LogP contribution in [0.2, 0.25) is 0 Å². The van der Waals surface area contributed by atoms with Crippen molar-refractivity contribution in [3.63, 3.8) is 0 Å². The van der Waals surface area contributed by atoms with Crippen LogP contribution in [0.25, 0.3) is 0 Å². The van der Waals surface area contributed by atoms with Crippen molar-refractivity contribution in [1.29, 1.82) is 0 Å². The smallest absolute Gasteiger partial charge is 0.335 e. The Kier molecular flexibility index (Phi) is 11.2. The molecule has 1 aromatic rings. The second kappa shape index (κ2) is 12.9.